The van der Waals surface area contributed by atoms with Crippen molar-refractivity contribution in [1.82, 2.24) is 0 Å². The van der Waals surface area contributed by atoms with Crippen LogP contribution in [-0.2, 0) is 27.4 Å². The minimum atomic E-state index is -4.59. The number of esters is 1. The number of sulfone groups is 1. The molecule has 134 valence electrons. The first-order valence-corrected chi connectivity index (χ1v) is 9.09. The van der Waals surface area contributed by atoms with E-state index in [0.29, 0.717) is 0 Å². The number of alkyl halides is 3. The summed E-state index contributed by atoms with van der Waals surface area (Å²) in [5.74, 6) is -1.02. The molecule has 0 atom stereocenters. The molecule has 2 aromatic rings. The first kappa shape index (κ1) is 19.3. The van der Waals surface area contributed by atoms with Crippen LogP contribution in [0.3, 0.4) is 0 Å². The van der Waals surface area contributed by atoms with Crippen molar-refractivity contribution >= 4 is 27.4 Å². The van der Waals surface area contributed by atoms with Crippen LogP contribution in [0.15, 0.2) is 47.4 Å². The van der Waals surface area contributed by atoms with Gasteiger partial charge < -0.3 is 4.74 Å². The molecule has 0 N–H and O–H groups in total. The smallest absolute Gasteiger partial charge is 0.416 e. The van der Waals surface area contributed by atoms with Gasteiger partial charge in [0.25, 0.3) is 0 Å². The Kier molecular flexibility index (Phi) is 5.43. The van der Waals surface area contributed by atoms with E-state index in [1.165, 1.54) is 30.3 Å². The Morgan fingerprint density at radius 1 is 1.16 bits per heavy atom. The van der Waals surface area contributed by atoms with Crippen molar-refractivity contribution < 1.29 is 31.1 Å². The van der Waals surface area contributed by atoms with Gasteiger partial charge in [-0.05, 0) is 24.3 Å². The number of halogens is 4. The van der Waals surface area contributed by atoms with E-state index in [2.05, 4.69) is 0 Å². The molecule has 0 saturated heterocycles. The van der Waals surface area contributed by atoms with E-state index in [1.807, 2.05) is 0 Å². The largest absolute Gasteiger partial charge is 0.457 e. The predicted octanol–water partition coefficient (Wildman–Crippen LogP) is 4.12. The maximum Gasteiger partial charge on any atom is 0.416 e. The van der Waals surface area contributed by atoms with Crippen LogP contribution < -0.4 is 0 Å². The minimum Gasteiger partial charge on any atom is -0.457 e. The molecule has 2 aromatic carbocycles. The Morgan fingerprint density at radius 2 is 1.80 bits per heavy atom. The molecule has 0 aliphatic rings. The molecule has 9 heteroatoms. The lowest BCUT2D eigenvalue weighted by molar-refractivity contribution is -0.138. The van der Waals surface area contributed by atoms with E-state index in [1.54, 1.807) is 0 Å². The van der Waals surface area contributed by atoms with Crippen LogP contribution >= 0.6 is 11.6 Å². The number of ether oxygens (including phenoxy) is 1. The van der Waals surface area contributed by atoms with Crippen LogP contribution in [0, 0.1) is 0 Å². The zero-order valence-electron chi connectivity index (χ0n) is 12.8. The second kappa shape index (κ2) is 7.05. The highest BCUT2D eigenvalue weighted by molar-refractivity contribution is 7.90. The van der Waals surface area contributed by atoms with Gasteiger partial charge in [-0.1, -0.05) is 29.8 Å². The van der Waals surface area contributed by atoms with Gasteiger partial charge in [0.1, 0.15) is 6.61 Å². The van der Waals surface area contributed by atoms with Crippen LogP contribution in [0.2, 0.25) is 5.02 Å². The summed E-state index contributed by atoms with van der Waals surface area (Å²) < 4.78 is 66.7. The Labute approximate surface area is 147 Å². The molecule has 0 aromatic heterocycles. The molecule has 25 heavy (non-hydrogen) atoms. The van der Waals surface area contributed by atoms with Crippen molar-refractivity contribution in [1.29, 1.82) is 0 Å². The quantitative estimate of drug-likeness (QED) is 0.734. The molecule has 0 unspecified atom stereocenters. The molecule has 0 heterocycles. The summed E-state index contributed by atoms with van der Waals surface area (Å²) in [5, 5.41) is -0.0680. The number of hydrogen-bond acceptors (Lipinski definition) is 4. The van der Waals surface area contributed by atoms with Crippen molar-refractivity contribution in [2.75, 3.05) is 6.26 Å². The third kappa shape index (κ3) is 4.73. The van der Waals surface area contributed by atoms with Gasteiger partial charge in [-0.2, -0.15) is 13.2 Å². The van der Waals surface area contributed by atoms with Gasteiger partial charge in [0.05, 0.1) is 21.0 Å². The van der Waals surface area contributed by atoms with Crippen LogP contribution in [0.4, 0.5) is 13.2 Å². The maximum atomic E-state index is 12.9. The fourth-order valence-corrected chi connectivity index (χ4v) is 2.88. The highest BCUT2D eigenvalue weighted by Crippen LogP contribution is 2.32. The van der Waals surface area contributed by atoms with E-state index in [0.717, 1.165) is 18.4 Å². The summed E-state index contributed by atoms with van der Waals surface area (Å²) in [5.41, 5.74) is -1.38. The summed E-state index contributed by atoms with van der Waals surface area (Å²) in [6.07, 6.45) is -3.64. The van der Waals surface area contributed by atoms with Crippen LogP contribution in [0.5, 0.6) is 0 Å². The van der Waals surface area contributed by atoms with Crippen LogP contribution in [0.1, 0.15) is 21.5 Å². The molecule has 0 amide bonds. The molecule has 0 saturated carbocycles. The maximum absolute atomic E-state index is 12.9. The number of benzene rings is 2. The van der Waals surface area contributed by atoms with Crippen molar-refractivity contribution in [2.24, 2.45) is 0 Å². The summed E-state index contributed by atoms with van der Waals surface area (Å²) in [4.78, 5) is 11.9. The van der Waals surface area contributed by atoms with Gasteiger partial charge in [0.2, 0.25) is 0 Å². The van der Waals surface area contributed by atoms with Gasteiger partial charge in [0, 0.05) is 11.8 Å². The molecule has 0 spiro atoms. The van der Waals surface area contributed by atoms with Crippen molar-refractivity contribution in [2.45, 2.75) is 17.7 Å². The second-order valence-corrected chi connectivity index (χ2v) is 7.57. The standard InChI is InChI=1S/C16H12ClF3O4S/c1-25(22,23)11-6-7-14(17)12(8-11)15(21)24-9-10-4-2-3-5-13(10)16(18,19)20/h2-8H,9H2,1H3. The number of carbonyl (C=O) groups excluding carboxylic acids is 1. The van der Waals surface area contributed by atoms with Gasteiger partial charge in [-0.15, -0.1) is 0 Å². The van der Waals surface area contributed by atoms with Crippen LogP contribution in [-0.4, -0.2) is 20.6 Å². The van der Waals surface area contributed by atoms with Gasteiger partial charge >= 0.3 is 12.1 Å². The van der Waals surface area contributed by atoms with Crippen molar-refractivity contribution in [3.63, 3.8) is 0 Å². The minimum absolute atomic E-state index is 0.0680. The highest BCUT2D eigenvalue weighted by atomic mass is 35.5. The molecule has 0 fully saturated rings. The molecule has 0 aliphatic heterocycles. The fraction of sp³-hybridized carbons (Fsp3) is 0.188. The molecule has 0 aliphatic carbocycles. The lowest BCUT2D eigenvalue weighted by Gasteiger charge is -2.13. The summed E-state index contributed by atoms with van der Waals surface area (Å²) in [6.45, 7) is -0.631. The lowest BCUT2D eigenvalue weighted by Crippen LogP contribution is -2.12. The van der Waals surface area contributed by atoms with Gasteiger partial charge in [0.15, 0.2) is 9.84 Å². The zero-order chi connectivity index (χ0) is 18.8. The monoisotopic (exact) mass is 392 g/mol. The summed E-state index contributed by atoms with van der Waals surface area (Å²) in [7, 11) is -3.58. The number of rotatable bonds is 4. The normalized spacial score (nSPS) is 12.0. The Balaban J connectivity index is 2.25. The van der Waals surface area contributed by atoms with E-state index >= 15 is 0 Å². The third-order valence-electron chi connectivity index (χ3n) is 3.27. The Morgan fingerprint density at radius 3 is 2.40 bits per heavy atom. The molecular formula is C16H12ClF3O4S. The van der Waals surface area contributed by atoms with E-state index in [9.17, 15) is 26.4 Å². The average Bonchev–Trinajstić information content (AvgIpc) is 2.51. The number of hydrogen-bond donors (Lipinski definition) is 0. The van der Waals surface area contributed by atoms with Crippen molar-refractivity contribution in [3.8, 4) is 0 Å². The second-order valence-electron chi connectivity index (χ2n) is 5.14. The summed E-state index contributed by atoms with van der Waals surface area (Å²) >= 11 is 5.85. The topological polar surface area (TPSA) is 60.4 Å². The van der Waals surface area contributed by atoms with Crippen molar-refractivity contribution in [3.05, 3.63) is 64.2 Å². The van der Waals surface area contributed by atoms with Crippen LogP contribution in [0.25, 0.3) is 0 Å². The van der Waals surface area contributed by atoms with E-state index in [-0.39, 0.29) is 21.0 Å². The zero-order valence-corrected chi connectivity index (χ0v) is 14.4. The molecule has 2 rings (SSSR count). The predicted molar refractivity (Wildman–Crippen MR) is 85.1 cm³/mol. The third-order valence-corrected chi connectivity index (χ3v) is 4.71. The van der Waals surface area contributed by atoms with Gasteiger partial charge in [-0.3, -0.25) is 0 Å². The first-order chi connectivity index (χ1) is 11.5. The SMILES string of the molecule is CS(=O)(=O)c1ccc(Cl)c(C(=O)OCc2ccccc2C(F)(F)F)c1. The molecule has 0 bridgehead atoms. The van der Waals surface area contributed by atoms with Gasteiger partial charge in [-0.25, -0.2) is 13.2 Å². The lowest BCUT2D eigenvalue weighted by atomic mass is 10.1. The number of carbonyl (C=O) groups is 1. The molecular weight excluding hydrogens is 381 g/mol. The summed E-state index contributed by atoms with van der Waals surface area (Å²) in [6, 6.07) is 8.11. The highest BCUT2D eigenvalue weighted by Gasteiger charge is 2.33. The molecule has 0 radical (unpaired) electrons. The molecule has 4 nitrogen and oxygen atoms in total. The first-order valence-electron chi connectivity index (χ1n) is 6.82. The average molecular weight is 393 g/mol. The fourth-order valence-electron chi connectivity index (χ4n) is 2.04. The van der Waals surface area contributed by atoms with E-state index < -0.39 is 34.2 Å². The Hall–Kier alpha value is -2.06. The Bertz CT molecular complexity index is 908. The van der Waals surface area contributed by atoms with E-state index in [4.69, 9.17) is 16.3 Å².